The van der Waals surface area contributed by atoms with Crippen LogP contribution in [0.1, 0.15) is 6.04 Å². The summed E-state index contributed by atoms with van der Waals surface area (Å²) in [6.45, 7) is 9.59. The number of pyridine rings is 1. The molecule has 214 valence electrons. The SMILES string of the molecule is C=CCn1c(=O)c2cnc(Nc3ccc(N4CCN(C)CC4)cc3)nc2n1-c1cccc(-c2cnn(C3COC3)c2)n1. The Labute approximate surface area is 242 Å². The Morgan fingerprint density at radius 1 is 1.05 bits per heavy atom. The van der Waals surface area contributed by atoms with Crippen LogP contribution < -0.4 is 15.8 Å². The average molecular weight is 565 g/mol. The van der Waals surface area contributed by atoms with Crippen molar-refractivity contribution in [1.82, 2.24) is 39.0 Å². The lowest BCUT2D eigenvalue weighted by Gasteiger charge is -2.34. The van der Waals surface area contributed by atoms with E-state index in [9.17, 15) is 4.79 Å². The van der Waals surface area contributed by atoms with Crippen molar-refractivity contribution in [2.24, 2.45) is 0 Å². The first-order chi connectivity index (χ1) is 20.6. The molecule has 0 spiro atoms. The second kappa shape index (κ2) is 10.9. The third kappa shape index (κ3) is 4.84. The van der Waals surface area contributed by atoms with Crippen LogP contribution >= 0.6 is 0 Å². The van der Waals surface area contributed by atoms with Gasteiger partial charge < -0.3 is 19.9 Å². The van der Waals surface area contributed by atoms with Crippen LogP contribution in [0.5, 0.6) is 0 Å². The third-order valence-corrected chi connectivity index (χ3v) is 7.81. The second-order valence-electron chi connectivity index (χ2n) is 10.7. The zero-order valence-corrected chi connectivity index (χ0v) is 23.4. The van der Waals surface area contributed by atoms with Crippen molar-refractivity contribution in [3.8, 4) is 17.1 Å². The molecule has 4 aromatic heterocycles. The molecule has 1 aromatic carbocycles. The Hall–Kier alpha value is -4.81. The molecular formula is C30H32N10O2. The molecule has 42 heavy (non-hydrogen) atoms. The van der Waals surface area contributed by atoms with Gasteiger partial charge in [0.15, 0.2) is 11.5 Å². The fourth-order valence-corrected chi connectivity index (χ4v) is 5.31. The van der Waals surface area contributed by atoms with Crippen molar-refractivity contribution < 1.29 is 4.74 Å². The van der Waals surface area contributed by atoms with Crippen LogP contribution in [0, 0.1) is 0 Å². The summed E-state index contributed by atoms with van der Waals surface area (Å²) in [4.78, 5) is 32.3. The van der Waals surface area contributed by atoms with E-state index in [0.717, 1.165) is 43.1 Å². The number of hydrogen-bond acceptors (Lipinski definition) is 9. The number of fused-ring (bicyclic) bond motifs is 1. The number of rotatable bonds is 8. The number of benzene rings is 1. The van der Waals surface area contributed by atoms with Crippen molar-refractivity contribution in [3.05, 3.63) is 84.1 Å². The highest BCUT2D eigenvalue weighted by molar-refractivity contribution is 5.77. The molecule has 6 heterocycles. The van der Waals surface area contributed by atoms with Crippen LogP contribution in [0.25, 0.3) is 28.1 Å². The zero-order chi connectivity index (χ0) is 28.6. The van der Waals surface area contributed by atoms with E-state index in [1.165, 1.54) is 5.69 Å². The largest absolute Gasteiger partial charge is 0.377 e. The molecular weight excluding hydrogens is 532 g/mol. The monoisotopic (exact) mass is 564 g/mol. The van der Waals surface area contributed by atoms with Crippen molar-refractivity contribution in [1.29, 1.82) is 0 Å². The molecule has 12 nitrogen and oxygen atoms in total. The van der Waals surface area contributed by atoms with Gasteiger partial charge in [0.05, 0.1) is 37.7 Å². The maximum Gasteiger partial charge on any atom is 0.278 e. The molecule has 0 bridgehead atoms. The van der Waals surface area contributed by atoms with Gasteiger partial charge in [-0.25, -0.2) is 19.3 Å². The molecule has 5 aromatic rings. The maximum absolute atomic E-state index is 13.4. The van der Waals surface area contributed by atoms with Gasteiger partial charge in [0.25, 0.3) is 5.56 Å². The summed E-state index contributed by atoms with van der Waals surface area (Å²) in [5, 5.41) is 8.19. The van der Waals surface area contributed by atoms with E-state index in [2.05, 4.69) is 51.0 Å². The Morgan fingerprint density at radius 2 is 1.86 bits per heavy atom. The third-order valence-electron chi connectivity index (χ3n) is 7.81. The normalized spacial score (nSPS) is 16.1. The quantitative estimate of drug-likeness (QED) is 0.284. The summed E-state index contributed by atoms with van der Waals surface area (Å²) in [5.74, 6) is 0.946. The van der Waals surface area contributed by atoms with E-state index in [-0.39, 0.29) is 18.1 Å². The van der Waals surface area contributed by atoms with E-state index in [1.807, 2.05) is 41.2 Å². The maximum atomic E-state index is 13.4. The van der Waals surface area contributed by atoms with Crippen LogP contribution in [0.15, 0.2) is 78.5 Å². The van der Waals surface area contributed by atoms with Gasteiger partial charge in [-0.3, -0.25) is 9.48 Å². The molecule has 2 aliphatic rings. The van der Waals surface area contributed by atoms with Crippen LogP contribution in [0.4, 0.5) is 17.3 Å². The predicted molar refractivity (Wildman–Crippen MR) is 162 cm³/mol. The Bertz CT molecular complexity index is 1790. The van der Waals surface area contributed by atoms with Gasteiger partial charge in [0, 0.05) is 55.5 Å². The number of aromatic nitrogens is 7. The van der Waals surface area contributed by atoms with E-state index in [1.54, 1.807) is 27.8 Å². The number of hydrogen-bond donors (Lipinski definition) is 1. The van der Waals surface area contributed by atoms with Gasteiger partial charge in [-0.1, -0.05) is 12.1 Å². The van der Waals surface area contributed by atoms with E-state index < -0.39 is 0 Å². The molecule has 7 rings (SSSR count). The first-order valence-corrected chi connectivity index (χ1v) is 14.1. The van der Waals surface area contributed by atoms with Crippen molar-refractivity contribution in [2.45, 2.75) is 12.6 Å². The van der Waals surface area contributed by atoms with Crippen LogP contribution in [-0.2, 0) is 11.3 Å². The highest BCUT2D eigenvalue weighted by Crippen LogP contribution is 2.25. The first kappa shape index (κ1) is 26.1. The molecule has 0 atom stereocenters. The van der Waals surface area contributed by atoms with Gasteiger partial charge in [-0.05, 0) is 43.4 Å². The number of likely N-dealkylation sites (N-methyl/N-ethyl adjacent to an activating group) is 1. The summed E-state index contributed by atoms with van der Waals surface area (Å²) in [6.07, 6.45) is 7.02. The lowest BCUT2D eigenvalue weighted by molar-refractivity contribution is -0.0286. The summed E-state index contributed by atoms with van der Waals surface area (Å²) >= 11 is 0. The van der Waals surface area contributed by atoms with Gasteiger partial charge in [0.1, 0.15) is 5.39 Å². The van der Waals surface area contributed by atoms with Crippen molar-refractivity contribution in [3.63, 3.8) is 0 Å². The lowest BCUT2D eigenvalue weighted by atomic mass is 10.2. The fraction of sp³-hybridized carbons (Fsp3) is 0.300. The number of piperazine rings is 1. The molecule has 0 amide bonds. The van der Waals surface area contributed by atoms with Gasteiger partial charge in [-0.2, -0.15) is 10.1 Å². The van der Waals surface area contributed by atoms with Gasteiger partial charge in [0.2, 0.25) is 5.95 Å². The summed E-state index contributed by atoms with van der Waals surface area (Å²) < 4.78 is 10.5. The molecule has 0 saturated carbocycles. The average Bonchev–Trinajstić information content (AvgIpc) is 3.56. The molecule has 2 fully saturated rings. The first-order valence-electron chi connectivity index (χ1n) is 14.1. The van der Waals surface area contributed by atoms with Crippen LogP contribution in [-0.4, -0.2) is 85.4 Å². The fourth-order valence-electron chi connectivity index (χ4n) is 5.31. The molecule has 2 saturated heterocycles. The smallest absolute Gasteiger partial charge is 0.278 e. The molecule has 0 unspecified atom stereocenters. The highest BCUT2D eigenvalue weighted by Gasteiger charge is 2.22. The van der Waals surface area contributed by atoms with E-state index >= 15 is 0 Å². The van der Waals surface area contributed by atoms with E-state index in [0.29, 0.717) is 36.0 Å². The molecule has 0 radical (unpaired) electrons. The number of allylic oxidation sites excluding steroid dienone is 1. The second-order valence-corrected chi connectivity index (χ2v) is 10.7. The molecule has 0 aliphatic carbocycles. The van der Waals surface area contributed by atoms with Crippen LogP contribution in [0.3, 0.4) is 0 Å². The summed E-state index contributed by atoms with van der Waals surface area (Å²) in [7, 11) is 2.15. The minimum absolute atomic E-state index is 0.210. The predicted octanol–water partition coefficient (Wildman–Crippen LogP) is 3.09. The number of ether oxygens (including phenoxy) is 1. The molecule has 1 N–H and O–H groups in total. The van der Waals surface area contributed by atoms with Gasteiger partial charge >= 0.3 is 0 Å². The Kier molecular flexibility index (Phi) is 6.76. The van der Waals surface area contributed by atoms with E-state index in [4.69, 9.17) is 14.7 Å². The molecule has 2 aliphatic heterocycles. The molecule has 12 heteroatoms. The van der Waals surface area contributed by atoms with Crippen molar-refractivity contribution in [2.75, 3.05) is 56.7 Å². The number of nitrogens with one attached hydrogen (secondary N) is 1. The standard InChI is InChI=1S/C30H32N10O2/c1-3-11-39-29(41)25-17-31-30(33-22-7-9-23(10-8-22)37-14-12-36(2)13-15-37)35-28(25)40(39)27-6-4-5-26(34-27)21-16-32-38(18-21)24-19-42-20-24/h3-10,16-18,24H,1,11-15,19-20H2,2H3,(H,31,33,35). The zero-order valence-electron chi connectivity index (χ0n) is 23.4. The minimum Gasteiger partial charge on any atom is -0.377 e. The lowest BCUT2D eigenvalue weighted by Crippen LogP contribution is -2.44. The summed E-state index contributed by atoms with van der Waals surface area (Å²) in [6, 6.07) is 14.2. The Balaban J connectivity index is 1.21. The number of nitrogens with zero attached hydrogens (tertiary/aromatic N) is 9. The van der Waals surface area contributed by atoms with Crippen LogP contribution in [0.2, 0.25) is 0 Å². The highest BCUT2D eigenvalue weighted by atomic mass is 16.5. The van der Waals surface area contributed by atoms with Crippen molar-refractivity contribution >= 4 is 28.4 Å². The number of anilines is 3. The van der Waals surface area contributed by atoms with Gasteiger partial charge in [-0.15, -0.1) is 6.58 Å². The minimum atomic E-state index is -0.210. The summed E-state index contributed by atoms with van der Waals surface area (Å²) in [5.41, 5.74) is 3.93. The Morgan fingerprint density at radius 3 is 2.60 bits per heavy atom. The topological polar surface area (TPSA) is 111 Å².